The molecule has 0 aromatic rings. The zero-order valence-electron chi connectivity index (χ0n) is 7.60. The monoisotopic (exact) mass is 157 g/mol. The minimum Gasteiger partial charge on any atom is -0.383 e. The quantitative estimate of drug-likeness (QED) is 0.623. The smallest absolute Gasteiger partial charge is 0.0587 e. The van der Waals surface area contributed by atoms with Crippen LogP contribution >= 0.6 is 0 Å². The third-order valence-corrected chi connectivity index (χ3v) is 2.57. The summed E-state index contributed by atoms with van der Waals surface area (Å²) in [5.41, 5.74) is 0. The third-order valence-electron chi connectivity index (χ3n) is 2.57. The van der Waals surface area contributed by atoms with Crippen LogP contribution in [0.2, 0.25) is 0 Å². The highest BCUT2D eigenvalue weighted by Crippen LogP contribution is 2.24. The summed E-state index contributed by atoms with van der Waals surface area (Å²) in [6.07, 6.45) is 4.14. The molecular weight excluding hydrogens is 138 g/mol. The summed E-state index contributed by atoms with van der Waals surface area (Å²) in [7, 11) is 1.75. The summed E-state index contributed by atoms with van der Waals surface area (Å²) in [6, 6.07) is 0.755. The predicted octanol–water partition coefficient (Wildman–Crippen LogP) is 1.41. The van der Waals surface area contributed by atoms with Crippen molar-refractivity contribution >= 4 is 0 Å². The average Bonchev–Trinajstić information content (AvgIpc) is 2.37. The maximum absolute atomic E-state index is 4.97. The lowest BCUT2D eigenvalue weighted by molar-refractivity contribution is 0.193. The van der Waals surface area contributed by atoms with Crippen LogP contribution in [0.3, 0.4) is 0 Å². The predicted molar refractivity (Wildman–Crippen MR) is 46.7 cm³/mol. The second kappa shape index (κ2) is 4.73. The Balaban J connectivity index is 2.05. The van der Waals surface area contributed by atoms with Crippen LogP contribution in [0, 0.1) is 5.92 Å². The summed E-state index contributed by atoms with van der Waals surface area (Å²) < 4.78 is 4.97. The molecule has 2 nitrogen and oxygen atoms in total. The molecule has 0 aromatic heterocycles. The molecule has 1 saturated carbocycles. The molecule has 1 N–H and O–H groups in total. The Morgan fingerprint density at radius 1 is 1.45 bits per heavy atom. The van der Waals surface area contributed by atoms with Crippen LogP contribution in [-0.2, 0) is 4.74 Å². The molecule has 1 aliphatic rings. The van der Waals surface area contributed by atoms with E-state index in [1.807, 2.05) is 0 Å². The number of hydrogen-bond donors (Lipinski definition) is 1. The van der Waals surface area contributed by atoms with Crippen molar-refractivity contribution < 1.29 is 4.74 Å². The van der Waals surface area contributed by atoms with Crippen molar-refractivity contribution in [1.82, 2.24) is 5.32 Å². The number of rotatable bonds is 4. The van der Waals surface area contributed by atoms with Crippen molar-refractivity contribution in [2.75, 3.05) is 20.3 Å². The van der Waals surface area contributed by atoms with E-state index in [9.17, 15) is 0 Å². The number of methoxy groups -OCH3 is 1. The van der Waals surface area contributed by atoms with Crippen LogP contribution in [0.1, 0.15) is 26.2 Å². The fourth-order valence-corrected chi connectivity index (χ4v) is 1.80. The molecule has 2 heteroatoms. The van der Waals surface area contributed by atoms with Gasteiger partial charge in [-0.25, -0.2) is 0 Å². The van der Waals surface area contributed by atoms with Gasteiger partial charge in [0.1, 0.15) is 0 Å². The van der Waals surface area contributed by atoms with Crippen LogP contribution in [0.15, 0.2) is 0 Å². The van der Waals surface area contributed by atoms with Crippen LogP contribution in [-0.4, -0.2) is 26.3 Å². The first kappa shape index (κ1) is 9.01. The van der Waals surface area contributed by atoms with Gasteiger partial charge in [-0.1, -0.05) is 13.3 Å². The Kier molecular flexibility index (Phi) is 3.87. The highest BCUT2D eigenvalue weighted by atomic mass is 16.5. The van der Waals surface area contributed by atoms with Crippen LogP contribution in [0.5, 0.6) is 0 Å². The van der Waals surface area contributed by atoms with E-state index in [4.69, 9.17) is 4.74 Å². The van der Waals surface area contributed by atoms with Gasteiger partial charge in [0, 0.05) is 19.7 Å². The van der Waals surface area contributed by atoms with E-state index in [0.29, 0.717) is 0 Å². The lowest BCUT2D eigenvalue weighted by atomic mass is 10.1. The molecule has 11 heavy (non-hydrogen) atoms. The summed E-state index contributed by atoms with van der Waals surface area (Å²) in [5, 5.41) is 3.51. The van der Waals surface area contributed by atoms with Gasteiger partial charge in [-0.3, -0.25) is 0 Å². The summed E-state index contributed by atoms with van der Waals surface area (Å²) >= 11 is 0. The van der Waals surface area contributed by atoms with Crippen molar-refractivity contribution in [3.63, 3.8) is 0 Å². The molecule has 66 valence electrons. The molecule has 0 radical (unpaired) electrons. The van der Waals surface area contributed by atoms with E-state index >= 15 is 0 Å². The van der Waals surface area contributed by atoms with E-state index in [-0.39, 0.29) is 0 Å². The van der Waals surface area contributed by atoms with Crippen molar-refractivity contribution in [2.45, 2.75) is 32.2 Å². The Morgan fingerprint density at radius 3 is 2.82 bits per heavy atom. The molecule has 0 bridgehead atoms. The molecule has 0 aromatic carbocycles. The van der Waals surface area contributed by atoms with Gasteiger partial charge in [0.2, 0.25) is 0 Å². The van der Waals surface area contributed by atoms with Gasteiger partial charge >= 0.3 is 0 Å². The van der Waals surface area contributed by atoms with Crippen LogP contribution in [0.25, 0.3) is 0 Å². The summed E-state index contributed by atoms with van der Waals surface area (Å²) in [4.78, 5) is 0. The fraction of sp³-hybridized carbons (Fsp3) is 1.00. The Bertz CT molecular complexity index is 106. The average molecular weight is 157 g/mol. The van der Waals surface area contributed by atoms with Gasteiger partial charge < -0.3 is 10.1 Å². The number of hydrogen-bond acceptors (Lipinski definition) is 2. The highest BCUT2D eigenvalue weighted by Gasteiger charge is 2.21. The van der Waals surface area contributed by atoms with Crippen molar-refractivity contribution in [1.29, 1.82) is 0 Å². The molecule has 0 heterocycles. The highest BCUT2D eigenvalue weighted by molar-refractivity contribution is 4.79. The third kappa shape index (κ3) is 2.80. The maximum atomic E-state index is 4.97. The molecule has 0 spiro atoms. The normalized spacial score (nSPS) is 31.1. The molecular formula is C9H19NO. The maximum Gasteiger partial charge on any atom is 0.0587 e. The molecule has 2 atom stereocenters. The Morgan fingerprint density at radius 2 is 2.27 bits per heavy atom. The van der Waals surface area contributed by atoms with Gasteiger partial charge in [0.15, 0.2) is 0 Å². The lowest BCUT2D eigenvalue weighted by Crippen LogP contribution is -2.33. The van der Waals surface area contributed by atoms with Gasteiger partial charge in [-0.2, -0.15) is 0 Å². The second-order valence-corrected chi connectivity index (χ2v) is 3.46. The molecule has 0 saturated heterocycles. The zero-order chi connectivity index (χ0) is 8.10. The molecule has 0 amide bonds. The van der Waals surface area contributed by atoms with Crippen molar-refractivity contribution in [3.05, 3.63) is 0 Å². The van der Waals surface area contributed by atoms with Crippen LogP contribution in [0.4, 0.5) is 0 Å². The molecule has 1 rings (SSSR count). The zero-order valence-corrected chi connectivity index (χ0v) is 7.60. The first-order valence-corrected chi connectivity index (χ1v) is 4.57. The van der Waals surface area contributed by atoms with Gasteiger partial charge in [0.25, 0.3) is 0 Å². The number of ether oxygens (including phenoxy) is 1. The largest absolute Gasteiger partial charge is 0.383 e. The minimum absolute atomic E-state index is 0.755. The number of nitrogens with one attached hydrogen (secondary N) is 1. The summed E-state index contributed by atoms with van der Waals surface area (Å²) in [6.45, 7) is 4.17. The molecule has 1 fully saturated rings. The van der Waals surface area contributed by atoms with Gasteiger partial charge in [-0.05, 0) is 18.8 Å². The van der Waals surface area contributed by atoms with E-state index in [1.165, 1.54) is 19.3 Å². The molecule has 0 unspecified atom stereocenters. The standard InChI is InChI=1S/C9H19NO/c1-8-4-3-5-9(8)10-6-7-11-2/h8-10H,3-7H2,1-2H3/t8-,9+/m0/s1. The van der Waals surface area contributed by atoms with Crippen molar-refractivity contribution in [2.24, 2.45) is 5.92 Å². The Hall–Kier alpha value is -0.0800. The first-order valence-electron chi connectivity index (χ1n) is 4.57. The van der Waals surface area contributed by atoms with Gasteiger partial charge in [0.05, 0.1) is 6.61 Å². The second-order valence-electron chi connectivity index (χ2n) is 3.46. The fourth-order valence-electron chi connectivity index (χ4n) is 1.80. The van der Waals surface area contributed by atoms with E-state index in [0.717, 1.165) is 25.1 Å². The summed E-state index contributed by atoms with van der Waals surface area (Å²) in [5.74, 6) is 0.867. The molecule has 0 aliphatic heterocycles. The van der Waals surface area contributed by atoms with Crippen LogP contribution < -0.4 is 5.32 Å². The topological polar surface area (TPSA) is 21.3 Å². The SMILES string of the molecule is COCCN[C@@H]1CCC[C@@H]1C. The van der Waals surface area contributed by atoms with E-state index in [1.54, 1.807) is 7.11 Å². The lowest BCUT2D eigenvalue weighted by Gasteiger charge is -2.16. The Labute approximate surface area is 69.3 Å². The first-order chi connectivity index (χ1) is 5.34. The van der Waals surface area contributed by atoms with Gasteiger partial charge in [-0.15, -0.1) is 0 Å². The minimum atomic E-state index is 0.755. The van der Waals surface area contributed by atoms with E-state index in [2.05, 4.69) is 12.2 Å². The van der Waals surface area contributed by atoms with Crippen molar-refractivity contribution in [3.8, 4) is 0 Å². The molecule has 1 aliphatic carbocycles. The van der Waals surface area contributed by atoms with E-state index < -0.39 is 0 Å².